The number of hydrogen-bond donors (Lipinski definition) is 0. The van der Waals surface area contributed by atoms with E-state index in [-0.39, 0.29) is 0 Å². The van der Waals surface area contributed by atoms with Gasteiger partial charge < -0.3 is 0 Å². The Balaban J connectivity index is 3.38. The summed E-state index contributed by atoms with van der Waals surface area (Å²) in [6, 6.07) is 0. The first-order chi connectivity index (χ1) is 10.7. The first-order valence-corrected chi connectivity index (χ1v) is 9.38. The van der Waals surface area contributed by atoms with E-state index in [0.717, 1.165) is 6.42 Å². The number of rotatable bonds is 15. The van der Waals surface area contributed by atoms with E-state index in [0.29, 0.717) is 18.4 Å². The summed E-state index contributed by atoms with van der Waals surface area (Å²) in [4.78, 5) is 2.83. The third-order valence-corrected chi connectivity index (χ3v) is 4.55. The average molecular weight is 308 g/mol. The molecular formula is C19H37N3. The largest absolute Gasteiger partial charge is 0.0937 e. The Kier molecular flexibility index (Phi) is 15.7. The van der Waals surface area contributed by atoms with E-state index in [1.54, 1.807) is 0 Å². The maximum atomic E-state index is 8.33. The van der Waals surface area contributed by atoms with Crippen molar-refractivity contribution in [1.29, 1.82) is 0 Å². The van der Waals surface area contributed by atoms with Crippen molar-refractivity contribution in [3.05, 3.63) is 22.6 Å². The van der Waals surface area contributed by atoms with Gasteiger partial charge in [-0.1, -0.05) is 89.4 Å². The molecule has 0 aliphatic heterocycles. The van der Waals surface area contributed by atoms with Gasteiger partial charge in [0.25, 0.3) is 0 Å². The van der Waals surface area contributed by atoms with Crippen molar-refractivity contribution in [1.82, 2.24) is 0 Å². The van der Waals surface area contributed by atoms with Crippen LogP contribution in [0, 0.1) is 11.8 Å². The van der Waals surface area contributed by atoms with Crippen molar-refractivity contribution < 1.29 is 0 Å². The maximum Gasteiger partial charge on any atom is 0.0286 e. The van der Waals surface area contributed by atoms with Crippen molar-refractivity contribution in [3.63, 3.8) is 0 Å². The van der Waals surface area contributed by atoms with E-state index in [2.05, 4.69) is 42.9 Å². The molecule has 0 saturated carbocycles. The standard InChI is InChI=1S/C19H37N3/c1-4-5-6-7-8-9-10-11-12-13-14-15-16-18(2)19(3)17-21-22-20/h14-15,18-19H,4-13,16-17H2,1-3H3/b15-14+/t18-,19+/m1/s1. The lowest BCUT2D eigenvalue weighted by molar-refractivity contribution is 0.399. The number of nitrogens with zero attached hydrogens (tertiary/aromatic N) is 3. The minimum atomic E-state index is 0.466. The van der Waals surface area contributed by atoms with Gasteiger partial charge in [0.15, 0.2) is 0 Å². The molecular weight excluding hydrogens is 270 g/mol. The fourth-order valence-corrected chi connectivity index (χ4v) is 2.58. The Labute approximate surface area is 138 Å². The number of hydrogen-bond acceptors (Lipinski definition) is 1. The lowest BCUT2D eigenvalue weighted by atomic mass is 9.93. The molecule has 0 aromatic rings. The van der Waals surface area contributed by atoms with Gasteiger partial charge in [0.2, 0.25) is 0 Å². The molecule has 0 saturated heterocycles. The summed E-state index contributed by atoms with van der Waals surface area (Å²) in [6.45, 7) is 7.28. The van der Waals surface area contributed by atoms with Gasteiger partial charge in [-0.2, -0.15) is 0 Å². The van der Waals surface area contributed by atoms with Crippen LogP contribution >= 0.6 is 0 Å². The number of azide groups is 1. The van der Waals surface area contributed by atoms with Crippen LogP contribution in [0.4, 0.5) is 0 Å². The van der Waals surface area contributed by atoms with Crippen LogP contribution in [0.3, 0.4) is 0 Å². The topological polar surface area (TPSA) is 48.8 Å². The maximum absolute atomic E-state index is 8.33. The molecule has 0 rings (SSSR count). The zero-order valence-electron chi connectivity index (χ0n) is 15.1. The molecule has 0 aliphatic rings. The normalized spacial score (nSPS) is 14.0. The SMILES string of the molecule is CCCCCCCCCCC/C=C/C[C@@H](C)[C@@H](C)CN=[N+]=[N-]. The Bertz CT molecular complexity index is 306. The summed E-state index contributed by atoms with van der Waals surface area (Å²) in [7, 11) is 0. The lowest BCUT2D eigenvalue weighted by Crippen LogP contribution is -2.09. The summed E-state index contributed by atoms with van der Waals surface area (Å²) in [5, 5.41) is 3.66. The van der Waals surface area contributed by atoms with E-state index in [9.17, 15) is 0 Å². The predicted molar refractivity (Wildman–Crippen MR) is 97.9 cm³/mol. The fourth-order valence-electron chi connectivity index (χ4n) is 2.58. The van der Waals surface area contributed by atoms with Gasteiger partial charge in [0.05, 0.1) is 0 Å². The van der Waals surface area contributed by atoms with Crippen LogP contribution in [-0.4, -0.2) is 6.54 Å². The van der Waals surface area contributed by atoms with Crippen LogP contribution in [0.15, 0.2) is 17.3 Å². The molecule has 3 nitrogen and oxygen atoms in total. The Hall–Kier alpha value is -0.950. The Morgan fingerprint density at radius 1 is 0.864 bits per heavy atom. The Morgan fingerprint density at radius 3 is 2.05 bits per heavy atom. The average Bonchev–Trinajstić information content (AvgIpc) is 2.53. The summed E-state index contributed by atoms with van der Waals surface area (Å²) < 4.78 is 0. The molecule has 0 heterocycles. The van der Waals surface area contributed by atoms with E-state index < -0.39 is 0 Å². The van der Waals surface area contributed by atoms with Crippen molar-refractivity contribution in [3.8, 4) is 0 Å². The van der Waals surface area contributed by atoms with Gasteiger partial charge in [-0.15, -0.1) is 0 Å². The highest BCUT2D eigenvalue weighted by Crippen LogP contribution is 2.16. The molecule has 0 amide bonds. The molecule has 0 bridgehead atoms. The van der Waals surface area contributed by atoms with Gasteiger partial charge >= 0.3 is 0 Å². The zero-order chi connectivity index (χ0) is 16.5. The van der Waals surface area contributed by atoms with Crippen LogP contribution in [0.25, 0.3) is 10.4 Å². The monoisotopic (exact) mass is 307 g/mol. The summed E-state index contributed by atoms with van der Waals surface area (Å²) >= 11 is 0. The van der Waals surface area contributed by atoms with Crippen LogP contribution in [0.5, 0.6) is 0 Å². The molecule has 128 valence electrons. The van der Waals surface area contributed by atoms with Crippen molar-refractivity contribution >= 4 is 0 Å². The van der Waals surface area contributed by atoms with E-state index in [1.165, 1.54) is 64.2 Å². The van der Waals surface area contributed by atoms with Gasteiger partial charge in [-0.05, 0) is 36.6 Å². The molecule has 0 fully saturated rings. The Morgan fingerprint density at radius 2 is 1.45 bits per heavy atom. The minimum Gasteiger partial charge on any atom is -0.0937 e. The second-order valence-electron chi connectivity index (χ2n) is 6.69. The van der Waals surface area contributed by atoms with Crippen molar-refractivity contribution in [2.45, 2.75) is 91.4 Å². The van der Waals surface area contributed by atoms with Crippen LogP contribution < -0.4 is 0 Å². The molecule has 0 unspecified atom stereocenters. The molecule has 3 heteroatoms. The van der Waals surface area contributed by atoms with Crippen molar-refractivity contribution in [2.24, 2.45) is 17.0 Å². The molecule has 2 atom stereocenters. The molecule has 0 N–H and O–H groups in total. The van der Waals surface area contributed by atoms with Crippen LogP contribution in [-0.2, 0) is 0 Å². The highest BCUT2D eigenvalue weighted by Gasteiger charge is 2.08. The first kappa shape index (κ1) is 21.0. The zero-order valence-corrected chi connectivity index (χ0v) is 15.1. The summed E-state index contributed by atoms with van der Waals surface area (Å²) in [6.07, 6.45) is 19.5. The highest BCUT2D eigenvalue weighted by atomic mass is 15.1. The third kappa shape index (κ3) is 14.0. The molecule has 0 aliphatic carbocycles. The van der Waals surface area contributed by atoms with Crippen molar-refractivity contribution in [2.75, 3.05) is 6.54 Å². The number of unbranched alkanes of at least 4 members (excludes halogenated alkanes) is 9. The predicted octanol–water partition coefficient (Wildman–Crippen LogP) is 7.44. The molecule has 0 aromatic carbocycles. The molecule has 0 radical (unpaired) electrons. The first-order valence-electron chi connectivity index (χ1n) is 9.38. The van der Waals surface area contributed by atoms with E-state index in [1.807, 2.05) is 0 Å². The highest BCUT2D eigenvalue weighted by molar-refractivity contribution is 4.84. The molecule has 0 spiro atoms. The van der Waals surface area contributed by atoms with E-state index in [4.69, 9.17) is 5.53 Å². The molecule has 0 aromatic heterocycles. The minimum absolute atomic E-state index is 0.466. The van der Waals surface area contributed by atoms with E-state index >= 15 is 0 Å². The summed E-state index contributed by atoms with van der Waals surface area (Å²) in [5.74, 6) is 1.05. The van der Waals surface area contributed by atoms with Gasteiger partial charge in [0.1, 0.15) is 0 Å². The van der Waals surface area contributed by atoms with Gasteiger partial charge in [-0.25, -0.2) is 0 Å². The van der Waals surface area contributed by atoms with Gasteiger partial charge in [0, 0.05) is 11.5 Å². The van der Waals surface area contributed by atoms with Crippen LogP contribution in [0.1, 0.15) is 91.4 Å². The number of allylic oxidation sites excluding steroid dienone is 2. The third-order valence-electron chi connectivity index (χ3n) is 4.55. The van der Waals surface area contributed by atoms with Crippen LogP contribution in [0.2, 0.25) is 0 Å². The molecule has 22 heavy (non-hydrogen) atoms. The second-order valence-corrected chi connectivity index (χ2v) is 6.69. The smallest absolute Gasteiger partial charge is 0.0286 e. The quantitative estimate of drug-likeness (QED) is 0.0992. The van der Waals surface area contributed by atoms with Gasteiger partial charge in [-0.3, -0.25) is 0 Å². The lowest BCUT2D eigenvalue weighted by Gasteiger charge is -2.15. The fraction of sp³-hybridized carbons (Fsp3) is 0.895. The summed E-state index contributed by atoms with van der Waals surface area (Å²) in [5.41, 5.74) is 8.33. The second kappa shape index (κ2) is 16.4.